The van der Waals surface area contributed by atoms with E-state index in [2.05, 4.69) is 4.90 Å². The van der Waals surface area contributed by atoms with Crippen LogP contribution in [0.15, 0.2) is 18.2 Å². The Balaban J connectivity index is 1.72. The van der Waals surface area contributed by atoms with Gasteiger partial charge in [0.2, 0.25) is 0 Å². The Morgan fingerprint density at radius 2 is 2.15 bits per heavy atom. The molecule has 20 heavy (non-hydrogen) atoms. The summed E-state index contributed by atoms with van der Waals surface area (Å²) in [5.41, 5.74) is 0.934. The van der Waals surface area contributed by atoms with Crippen LogP contribution in [0.2, 0.25) is 5.02 Å². The number of hydrogen-bond donors (Lipinski definition) is 0. The number of benzene rings is 1. The van der Waals surface area contributed by atoms with Crippen molar-refractivity contribution in [2.75, 3.05) is 6.54 Å². The van der Waals surface area contributed by atoms with Gasteiger partial charge in [-0.3, -0.25) is 9.69 Å². The van der Waals surface area contributed by atoms with Crippen LogP contribution in [0, 0.1) is 11.7 Å². The van der Waals surface area contributed by atoms with E-state index in [-0.39, 0.29) is 16.8 Å². The Hall–Kier alpha value is -0.930. The molecule has 0 bridgehead atoms. The number of likely N-dealkylation sites (tertiary alicyclic amines) is 1. The Kier molecular flexibility index (Phi) is 4.08. The highest BCUT2D eigenvalue weighted by molar-refractivity contribution is 6.30. The fourth-order valence-corrected chi connectivity index (χ4v) is 3.74. The predicted octanol–water partition coefficient (Wildman–Crippen LogP) is 3.81. The van der Waals surface area contributed by atoms with Crippen molar-refractivity contribution in [1.82, 2.24) is 4.90 Å². The van der Waals surface area contributed by atoms with Crippen LogP contribution in [0.4, 0.5) is 4.39 Å². The zero-order chi connectivity index (χ0) is 14.1. The predicted molar refractivity (Wildman–Crippen MR) is 77.2 cm³/mol. The monoisotopic (exact) mass is 295 g/mol. The van der Waals surface area contributed by atoms with Crippen LogP contribution in [-0.4, -0.2) is 23.3 Å². The lowest BCUT2D eigenvalue weighted by molar-refractivity contribution is -0.122. The van der Waals surface area contributed by atoms with Crippen molar-refractivity contribution >= 4 is 17.4 Å². The van der Waals surface area contributed by atoms with Gasteiger partial charge in [-0.2, -0.15) is 0 Å². The van der Waals surface area contributed by atoms with E-state index < -0.39 is 0 Å². The van der Waals surface area contributed by atoms with Crippen molar-refractivity contribution in [3.63, 3.8) is 0 Å². The Bertz CT molecular complexity index is 519. The second-order valence-corrected chi connectivity index (χ2v) is 6.30. The van der Waals surface area contributed by atoms with E-state index in [1.807, 2.05) is 6.07 Å². The Morgan fingerprint density at radius 3 is 2.85 bits per heavy atom. The van der Waals surface area contributed by atoms with E-state index in [1.54, 1.807) is 6.07 Å². The summed E-state index contributed by atoms with van der Waals surface area (Å²) in [5, 5.41) is 0.165. The second kappa shape index (κ2) is 5.82. The number of hydrogen-bond acceptors (Lipinski definition) is 2. The van der Waals surface area contributed by atoms with Crippen LogP contribution in [0.5, 0.6) is 0 Å². The summed E-state index contributed by atoms with van der Waals surface area (Å²) in [7, 11) is 0. The fraction of sp³-hybridized carbons (Fsp3) is 0.562. The summed E-state index contributed by atoms with van der Waals surface area (Å²) in [5.74, 6) is 0.260. The van der Waals surface area contributed by atoms with Crippen molar-refractivity contribution < 1.29 is 9.18 Å². The first-order chi connectivity index (χ1) is 9.65. The average Bonchev–Trinajstić information content (AvgIpc) is 3.02. The molecule has 2 unspecified atom stereocenters. The van der Waals surface area contributed by atoms with Crippen LogP contribution in [0.25, 0.3) is 0 Å². The number of nitrogens with zero attached hydrogens (tertiary/aromatic N) is 1. The first-order valence-corrected chi connectivity index (χ1v) is 7.73. The molecule has 2 nitrogen and oxygen atoms in total. The van der Waals surface area contributed by atoms with Gasteiger partial charge in [-0.1, -0.05) is 17.7 Å². The van der Waals surface area contributed by atoms with E-state index in [0.717, 1.165) is 44.2 Å². The van der Waals surface area contributed by atoms with E-state index >= 15 is 0 Å². The molecular formula is C16H19ClFNO. The molecule has 1 heterocycles. The topological polar surface area (TPSA) is 20.3 Å². The summed E-state index contributed by atoms with van der Waals surface area (Å²) in [6, 6.07) is 5.34. The van der Waals surface area contributed by atoms with Gasteiger partial charge in [-0.05, 0) is 49.9 Å². The van der Waals surface area contributed by atoms with Crippen molar-refractivity contribution in [1.29, 1.82) is 0 Å². The highest BCUT2D eigenvalue weighted by atomic mass is 35.5. The first-order valence-electron chi connectivity index (χ1n) is 7.36. The number of carbonyl (C=O) groups is 1. The summed E-state index contributed by atoms with van der Waals surface area (Å²) in [6.07, 6.45) is 5.01. The molecule has 3 rings (SSSR count). The molecule has 1 aromatic carbocycles. The van der Waals surface area contributed by atoms with Crippen molar-refractivity contribution in [2.45, 2.75) is 44.7 Å². The molecule has 1 aromatic rings. The quantitative estimate of drug-likeness (QED) is 0.845. The van der Waals surface area contributed by atoms with Crippen molar-refractivity contribution in [3.8, 4) is 0 Å². The molecule has 1 aliphatic heterocycles. The molecule has 2 atom stereocenters. The van der Waals surface area contributed by atoms with Crippen LogP contribution >= 0.6 is 11.6 Å². The van der Waals surface area contributed by atoms with Crippen LogP contribution < -0.4 is 0 Å². The van der Waals surface area contributed by atoms with Crippen LogP contribution in [0.1, 0.15) is 37.7 Å². The summed E-state index contributed by atoms with van der Waals surface area (Å²) in [6.45, 7) is 1.71. The number of rotatable bonds is 3. The maximum Gasteiger partial charge on any atom is 0.142 e. The van der Waals surface area contributed by atoms with E-state index in [4.69, 9.17) is 11.6 Å². The minimum absolute atomic E-state index is 0.165. The van der Waals surface area contributed by atoms with Gasteiger partial charge in [0.15, 0.2) is 0 Å². The molecule has 0 amide bonds. The standard InChI is InChI=1S/C16H19ClFNO/c17-13-7-6-11(9-14(13)18)10-19-8-2-4-15(19)12-3-1-5-16(12)20/h6-7,9,12,15H,1-5,8,10H2. The lowest BCUT2D eigenvalue weighted by Gasteiger charge is -2.28. The SMILES string of the molecule is O=C1CCCC1C1CCCN1Cc1ccc(Cl)c(F)c1. The van der Waals surface area contributed by atoms with E-state index in [1.165, 1.54) is 6.07 Å². The molecule has 1 saturated heterocycles. The third kappa shape index (κ3) is 2.75. The summed E-state index contributed by atoms with van der Waals surface area (Å²) >= 11 is 5.72. The van der Waals surface area contributed by atoms with Gasteiger partial charge in [0, 0.05) is 24.9 Å². The second-order valence-electron chi connectivity index (χ2n) is 5.89. The van der Waals surface area contributed by atoms with Crippen LogP contribution in [0.3, 0.4) is 0 Å². The highest BCUT2D eigenvalue weighted by Gasteiger charge is 2.37. The molecule has 2 aliphatic rings. The number of carbonyl (C=O) groups excluding carboxylic acids is 1. The Morgan fingerprint density at radius 1 is 1.30 bits per heavy atom. The number of Topliss-reactive ketones (excluding diaryl/α,β-unsaturated/α-hetero) is 1. The van der Waals surface area contributed by atoms with Gasteiger partial charge in [-0.15, -0.1) is 0 Å². The highest BCUT2D eigenvalue weighted by Crippen LogP contribution is 2.34. The van der Waals surface area contributed by atoms with Gasteiger partial charge in [-0.25, -0.2) is 4.39 Å². The zero-order valence-corrected chi connectivity index (χ0v) is 12.2. The molecule has 1 aliphatic carbocycles. The van der Waals surface area contributed by atoms with Crippen molar-refractivity contribution in [3.05, 3.63) is 34.6 Å². The molecule has 0 aromatic heterocycles. The lowest BCUT2D eigenvalue weighted by Crippen LogP contribution is -2.37. The molecule has 108 valence electrons. The normalized spacial score (nSPS) is 27.4. The molecule has 4 heteroatoms. The van der Waals surface area contributed by atoms with Gasteiger partial charge in [0.25, 0.3) is 0 Å². The van der Waals surface area contributed by atoms with Gasteiger partial charge < -0.3 is 0 Å². The van der Waals surface area contributed by atoms with E-state index in [0.29, 0.717) is 18.4 Å². The van der Waals surface area contributed by atoms with Gasteiger partial charge >= 0.3 is 0 Å². The zero-order valence-electron chi connectivity index (χ0n) is 11.4. The smallest absolute Gasteiger partial charge is 0.142 e. The number of halogens is 2. The van der Waals surface area contributed by atoms with Gasteiger partial charge in [0.1, 0.15) is 11.6 Å². The lowest BCUT2D eigenvalue weighted by atomic mass is 9.95. The Labute approximate surface area is 123 Å². The third-order valence-corrected chi connectivity index (χ3v) is 4.91. The number of ketones is 1. The summed E-state index contributed by atoms with van der Waals surface area (Å²) < 4.78 is 13.5. The summed E-state index contributed by atoms with van der Waals surface area (Å²) in [4.78, 5) is 14.3. The molecular weight excluding hydrogens is 277 g/mol. The maximum atomic E-state index is 13.5. The minimum Gasteiger partial charge on any atom is -0.299 e. The first kappa shape index (κ1) is 14.0. The van der Waals surface area contributed by atoms with Gasteiger partial charge in [0.05, 0.1) is 5.02 Å². The third-order valence-electron chi connectivity index (χ3n) is 4.60. The minimum atomic E-state index is -0.364. The largest absolute Gasteiger partial charge is 0.299 e. The fourth-order valence-electron chi connectivity index (χ4n) is 3.63. The van der Waals surface area contributed by atoms with E-state index in [9.17, 15) is 9.18 Å². The molecule has 0 radical (unpaired) electrons. The molecule has 0 spiro atoms. The maximum absolute atomic E-state index is 13.5. The molecule has 1 saturated carbocycles. The van der Waals surface area contributed by atoms with Crippen molar-refractivity contribution in [2.24, 2.45) is 5.92 Å². The average molecular weight is 296 g/mol. The molecule has 0 N–H and O–H groups in total. The molecule has 2 fully saturated rings. The van der Waals surface area contributed by atoms with Crippen LogP contribution in [-0.2, 0) is 11.3 Å².